The molecule has 2 aromatic rings. The Balaban J connectivity index is 2.20. The fourth-order valence-corrected chi connectivity index (χ4v) is 4.04. The molecule has 1 N–H and O–H groups in total. The van der Waals surface area contributed by atoms with Crippen molar-refractivity contribution in [2.24, 2.45) is 0 Å². The van der Waals surface area contributed by atoms with E-state index in [-0.39, 0.29) is 5.56 Å². The van der Waals surface area contributed by atoms with Gasteiger partial charge in [-0.1, -0.05) is 24.3 Å². The molecule has 1 heterocycles. The topological polar surface area (TPSA) is 59.0 Å². The molecule has 0 radical (unpaired) electrons. The Morgan fingerprint density at radius 3 is 2.60 bits per heavy atom. The zero-order chi connectivity index (χ0) is 21.9. The highest BCUT2D eigenvalue weighted by atomic mass is 19.4. The lowest BCUT2D eigenvalue weighted by atomic mass is 9.92. The van der Waals surface area contributed by atoms with Gasteiger partial charge in [0.1, 0.15) is 6.04 Å². The van der Waals surface area contributed by atoms with Crippen molar-refractivity contribution in [2.75, 3.05) is 20.3 Å². The number of hydrogen-bond acceptors (Lipinski definition) is 4. The minimum Gasteiger partial charge on any atom is -0.493 e. The number of methoxy groups -OCH3 is 1. The smallest absolute Gasteiger partial charge is 0.416 e. The molecule has 5 nitrogen and oxygen atoms in total. The van der Waals surface area contributed by atoms with Crippen molar-refractivity contribution >= 4 is 5.97 Å². The Morgan fingerprint density at radius 2 is 1.97 bits per heavy atom. The number of carboxylic acids is 1. The molecule has 30 heavy (non-hydrogen) atoms. The number of aliphatic carboxylic acids is 1. The van der Waals surface area contributed by atoms with Crippen LogP contribution in [0.15, 0.2) is 42.5 Å². The summed E-state index contributed by atoms with van der Waals surface area (Å²) in [4.78, 5) is 13.5. The lowest BCUT2D eigenvalue weighted by molar-refractivity contribution is -0.143. The minimum atomic E-state index is -4.57. The average molecular weight is 423 g/mol. The first-order chi connectivity index (χ1) is 14.3. The van der Waals surface area contributed by atoms with Gasteiger partial charge in [-0.2, -0.15) is 13.2 Å². The number of carbonyl (C=O) groups is 1. The summed E-state index contributed by atoms with van der Waals surface area (Å²) in [5.41, 5.74) is -0.241. The van der Waals surface area contributed by atoms with E-state index in [1.54, 1.807) is 30.0 Å². The molecule has 2 unspecified atom stereocenters. The van der Waals surface area contributed by atoms with Crippen LogP contribution in [0.25, 0.3) is 0 Å². The summed E-state index contributed by atoms with van der Waals surface area (Å²) < 4.78 is 52.3. The number of rotatable bonds is 7. The number of benzene rings is 2. The van der Waals surface area contributed by atoms with Gasteiger partial charge in [-0.25, -0.2) is 0 Å². The summed E-state index contributed by atoms with van der Waals surface area (Å²) in [6.07, 6.45) is -3.59. The second-order valence-corrected chi connectivity index (χ2v) is 7.06. The highest BCUT2D eigenvalue weighted by Crippen LogP contribution is 2.43. The van der Waals surface area contributed by atoms with Gasteiger partial charge in [-0.3, -0.25) is 9.69 Å². The van der Waals surface area contributed by atoms with Crippen LogP contribution in [0.3, 0.4) is 0 Å². The Hall–Kier alpha value is -2.74. The molecule has 1 saturated heterocycles. The summed E-state index contributed by atoms with van der Waals surface area (Å²) >= 11 is 0. The quantitative estimate of drug-likeness (QED) is 0.697. The van der Waals surface area contributed by atoms with Gasteiger partial charge >= 0.3 is 12.1 Å². The number of nitrogens with zero attached hydrogens (tertiary/aromatic N) is 1. The van der Waals surface area contributed by atoms with Crippen LogP contribution in [-0.2, 0) is 11.0 Å². The molecule has 1 fully saturated rings. The van der Waals surface area contributed by atoms with E-state index in [1.165, 1.54) is 25.3 Å². The largest absolute Gasteiger partial charge is 0.493 e. The highest BCUT2D eigenvalue weighted by molar-refractivity contribution is 5.74. The molecule has 0 aliphatic carbocycles. The Bertz CT molecular complexity index is 900. The first-order valence-corrected chi connectivity index (χ1v) is 9.73. The Kier molecular flexibility index (Phi) is 6.55. The number of carboxylic acid groups (broad SMARTS) is 1. The van der Waals surface area contributed by atoms with Crippen LogP contribution < -0.4 is 9.47 Å². The van der Waals surface area contributed by atoms with E-state index in [0.717, 1.165) is 6.07 Å². The SMILES string of the molecule is CCOc1cc(C(c2ccccc2C(F)(F)F)N2CCCC2C(=O)O)ccc1OC. The maximum atomic E-state index is 13.8. The predicted molar refractivity (Wildman–Crippen MR) is 105 cm³/mol. The molecule has 162 valence electrons. The third-order valence-electron chi connectivity index (χ3n) is 5.27. The van der Waals surface area contributed by atoms with E-state index >= 15 is 0 Å². The second-order valence-electron chi connectivity index (χ2n) is 7.06. The first-order valence-electron chi connectivity index (χ1n) is 9.73. The number of likely N-dealkylation sites (tertiary alicyclic amines) is 1. The Labute approximate surface area is 173 Å². The van der Waals surface area contributed by atoms with Gasteiger partial charge in [0.2, 0.25) is 0 Å². The van der Waals surface area contributed by atoms with Gasteiger partial charge in [-0.15, -0.1) is 0 Å². The monoisotopic (exact) mass is 423 g/mol. The van der Waals surface area contributed by atoms with Crippen molar-refractivity contribution in [2.45, 2.75) is 38.0 Å². The number of alkyl halides is 3. The van der Waals surface area contributed by atoms with E-state index in [9.17, 15) is 23.1 Å². The summed E-state index contributed by atoms with van der Waals surface area (Å²) in [5, 5.41) is 9.67. The van der Waals surface area contributed by atoms with Gasteiger partial charge in [-0.05, 0) is 49.1 Å². The third kappa shape index (κ3) is 4.38. The molecule has 0 amide bonds. The van der Waals surface area contributed by atoms with Gasteiger partial charge in [0.15, 0.2) is 11.5 Å². The zero-order valence-electron chi connectivity index (χ0n) is 16.8. The zero-order valence-corrected chi connectivity index (χ0v) is 16.8. The van der Waals surface area contributed by atoms with Crippen molar-refractivity contribution < 1.29 is 32.5 Å². The fourth-order valence-electron chi connectivity index (χ4n) is 4.04. The highest BCUT2D eigenvalue weighted by Gasteiger charge is 2.41. The second kappa shape index (κ2) is 8.95. The number of hydrogen-bond donors (Lipinski definition) is 1. The van der Waals surface area contributed by atoms with Gasteiger partial charge in [0, 0.05) is 6.54 Å². The number of ether oxygens (including phenoxy) is 2. The van der Waals surface area contributed by atoms with Crippen LogP contribution in [0, 0.1) is 0 Å². The van der Waals surface area contributed by atoms with Crippen molar-refractivity contribution in [3.05, 3.63) is 59.2 Å². The molecule has 0 aromatic heterocycles. The molecule has 1 aliphatic heterocycles. The minimum absolute atomic E-state index is 0.0192. The van der Waals surface area contributed by atoms with E-state index in [0.29, 0.717) is 43.1 Å². The van der Waals surface area contributed by atoms with Crippen LogP contribution in [0.2, 0.25) is 0 Å². The Morgan fingerprint density at radius 1 is 1.23 bits per heavy atom. The maximum Gasteiger partial charge on any atom is 0.416 e. The normalized spacial score (nSPS) is 18.2. The molecule has 8 heteroatoms. The van der Waals surface area contributed by atoms with Gasteiger partial charge in [0.05, 0.1) is 25.3 Å². The summed E-state index contributed by atoms with van der Waals surface area (Å²) in [6.45, 7) is 2.53. The van der Waals surface area contributed by atoms with Crippen LogP contribution in [0.5, 0.6) is 11.5 Å². The average Bonchev–Trinajstić information content (AvgIpc) is 3.18. The molecule has 2 aromatic carbocycles. The van der Waals surface area contributed by atoms with Crippen LogP contribution in [0.4, 0.5) is 13.2 Å². The molecule has 2 atom stereocenters. The van der Waals surface area contributed by atoms with Crippen molar-refractivity contribution in [1.29, 1.82) is 0 Å². The lowest BCUT2D eigenvalue weighted by Crippen LogP contribution is -2.40. The van der Waals surface area contributed by atoms with E-state index in [2.05, 4.69) is 0 Å². The summed E-state index contributed by atoms with van der Waals surface area (Å²) in [5.74, 6) is -0.182. The maximum absolute atomic E-state index is 13.8. The molecule has 1 aliphatic rings. The standard InChI is InChI=1S/C22H24F3NO4/c1-3-30-19-13-14(10-11-18(19)29-2)20(26-12-6-9-17(26)21(27)28)15-7-4-5-8-16(15)22(23,24)25/h4-5,7-8,10-11,13,17,20H,3,6,9,12H2,1-2H3,(H,27,28). The first kappa shape index (κ1) is 22.0. The molecular formula is C22H24F3NO4. The molecule has 0 saturated carbocycles. The molecular weight excluding hydrogens is 399 g/mol. The third-order valence-corrected chi connectivity index (χ3v) is 5.27. The van der Waals surface area contributed by atoms with E-state index in [4.69, 9.17) is 9.47 Å². The van der Waals surface area contributed by atoms with Crippen LogP contribution in [0.1, 0.15) is 42.5 Å². The van der Waals surface area contributed by atoms with Gasteiger partial charge in [0.25, 0.3) is 0 Å². The lowest BCUT2D eigenvalue weighted by Gasteiger charge is -2.33. The van der Waals surface area contributed by atoms with Crippen molar-refractivity contribution in [3.8, 4) is 11.5 Å². The van der Waals surface area contributed by atoms with Gasteiger partial charge < -0.3 is 14.6 Å². The number of halogens is 3. The molecule has 0 bridgehead atoms. The van der Waals surface area contributed by atoms with Crippen molar-refractivity contribution in [3.63, 3.8) is 0 Å². The molecule has 0 spiro atoms. The van der Waals surface area contributed by atoms with E-state index < -0.39 is 29.8 Å². The van der Waals surface area contributed by atoms with Crippen molar-refractivity contribution in [1.82, 2.24) is 4.90 Å². The summed E-state index contributed by atoms with van der Waals surface area (Å²) in [6, 6.07) is 8.49. The van der Waals surface area contributed by atoms with E-state index in [1.807, 2.05) is 0 Å². The summed E-state index contributed by atoms with van der Waals surface area (Å²) in [7, 11) is 1.48. The van der Waals surface area contributed by atoms with Crippen LogP contribution >= 0.6 is 0 Å². The predicted octanol–water partition coefficient (Wildman–Crippen LogP) is 4.75. The molecule has 3 rings (SSSR count). The fraction of sp³-hybridized carbons (Fsp3) is 0.409. The van der Waals surface area contributed by atoms with Crippen LogP contribution in [-0.4, -0.2) is 42.3 Å².